The van der Waals surface area contributed by atoms with E-state index in [0.717, 1.165) is 8.58 Å². The van der Waals surface area contributed by atoms with E-state index in [9.17, 15) is 5.11 Å². The highest BCUT2D eigenvalue weighted by Gasteiger charge is 1.96. The molecule has 24 heavy (non-hydrogen) atoms. The second-order valence-electron chi connectivity index (χ2n) is 7.07. The highest BCUT2D eigenvalue weighted by atomic mass is 31.1. The van der Waals surface area contributed by atoms with E-state index in [1.807, 2.05) is 0 Å². The van der Waals surface area contributed by atoms with Gasteiger partial charge in [0.2, 0.25) is 0 Å². The maximum absolute atomic E-state index is 9.26. The van der Waals surface area contributed by atoms with Crippen LogP contribution in [0.2, 0.25) is 0 Å². The molecule has 2 heteroatoms. The summed E-state index contributed by atoms with van der Waals surface area (Å²) in [7, 11) is 0.901. The molecule has 1 rings (SSSR count). The van der Waals surface area contributed by atoms with Crippen molar-refractivity contribution in [3.05, 3.63) is 24.3 Å². The first-order chi connectivity index (χ1) is 11.8. The SMILES string of the molecule is CCCCCCCCCCCCCCCCPc1ccc(O)cc1. The van der Waals surface area contributed by atoms with Crippen molar-refractivity contribution >= 4 is 13.9 Å². The van der Waals surface area contributed by atoms with E-state index in [2.05, 4.69) is 19.1 Å². The molecule has 0 aliphatic rings. The van der Waals surface area contributed by atoms with Gasteiger partial charge in [-0.1, -0.05) is 111 Å². The summed E-state index contributed by atoms with van der Waals surface area (Å²) in [5, 5.41) is 10.6. The number of unbranched alkanes of at least 4 members (excludes halogenated alkanes) is 13. The zero-order valence-corrected chi connectivity index (χ0v) is 16.9. The fourth-order valence-corrected chi connectivity index (χ4v) is 4.25. The fraction of sp³-hybridized carbons (Fsp3) is 0.727. The van der Waals surface area contributed by atoms with Gasteiger partial charge in [-0.25, -0.2) is 0 Å². The van der Waals surface area contributed by atoms with Gasteiger partial charge < -0.3 is 5.11 Å². The van der Waals surface area contributed by atoms with Crippen LogP contribution in [0.1, 0.15) is 96.8 Å². The molecular formula is C22H39OP. The molecule has 0 aromatic heterocycles. The van der Waals surface area contributed by atoms with Gasteiger partial charge in [0.1, 0.15) is 5.75 Å². The molecule has 0 radical (unpaired) electrons. The number of phenolic OH excluding ortho intramolecular Hbond substituents is 1. The molecule has 1 N–H and O–H groups in total. The van der Waals surface area contributed by atoms with Crippen LogP contribution in [0, 0.1) is 0 Å². The Morgan fingerprint density at radius 1 is 0.625 bits per heavy atom. The summed E-state index contributed by atoms with van der Waals surface area (Å²) in [5.74, 6) is 0.375. The fourth-order valence-electron chi connectivity index (χ4n) is 3.13. The molecule has 0 bridgehead atoms. The van der Waals surface area contributed by atoms with Gasteiger partial charge in [0.05, 0.1) is 0 Å². The topological polar surface area (TPSA) is 20.2 Å². The smallest absolute Gasteiger partial charge is 0.115 e. The van der Waals surface area contributed by atoms with Crippen LogP contribution in [0.25, 0.3) is 0 Å². The van der Waals surface area contributed by atoms with Crippen LogP contribution in [0.5, 0.6) is 5.75 Å². The van der Waals surface area contributed by atoms with Crippen molar-refractivity contribution in [1.82, 2.24) is 0 Å². The molecule has 0 aliphatic carbocycles. The molecule has 1 aromatic rings. The Hall–Kier alpha value is -0.550. The monoisotopic (exact) mass is 350 g/mol. The number of rotatable bonds is 16. The van der Waals surface area contributed by atoms with Gasteiger partial charge in [-0.2, -0.15) is 0 Å². The summed E-state index contributed by atoms with van der Waals surface area (Å²) in [5.41, 5.74) is 0. The maximum Gasteiger partial charge on any atom is 0.115 e. The molecule has 1 unspecified atom stereocenters. The van der Waals surface area contributed by atoms with Crippen LogP contribution in [-0.4, -0.2) is 11.3 Å². The van der Waals surface area contributed by atoms with Crippen molar-refractivity contribution in [2.75, 3.05) is 6.16 Å². The van der Waals surface area contributed by atoms with Gasteiger partial charge in [-0.05, 0) is 30.0 Å². The zero-order valence-electron chi connectivity index (χ0n) is 15.9. The van der Waals surface area contributed by atoms with E-state index in [4.69, 9.17) is 0 Å². The van der Waals surface area contributed by atoms with Crippen LogP contribution in [0.3, 0.4) is 0 Å². The minimum absolute atomic E-state index is 0.375. The third kappa shape index (κ3) is 12.8. The standard InChI is InChI=1S/C22H39OP/c1-2-3-4-5-6-7-8-9-10-11-12-13-14-15-20-24-22-18-16-21(23)17-19-22/h16-19,23-24H,2-15,20H2,1H3. The van der Waals surface area contributed by atoms with Gasteiger partial charge >= 0.3 is 0 Å². The van der Waals surface area contributed by atoms with E-state index >= 15 is 0 Å². The minimum Gasteiger partial charge on any atom is -0.508 e. The number of aromatic hydroxyl groups is 1. The summed E-state index contributed by atoms with van der Waals surface area (Å²) in [6.45, 7) is 2.29. The van der Waals surface area contributed by atoms with Crippen molar-refractivity contribution < 1.29 is 5.11 Å². The number of hydrogen-bond acceptors (Lipinski definition) is 1. The summed E-state index contributed by atoms with van der Waals surface area (Å²) in [4.78, 5) is 0. The number of benzene rings is 1. The minimum atomic E-state index is 0.375. The lowest BCUT2D eigenvalue weighted by atomic mass is 10.0. The lowest BCUT2D eigenvalue weighted by molar-refractivity contribution is 0.475. The Morgan fingerprint density at radius 3 is 1.50 bits per heavy atom. The zero-order chi connectivity index (χ0) is 17.3. The van der Waals surface area contributed by atoms with Gasteiger partial charge in [0, 0.05) is 0 Å². The molecule has 0 saturated heterocycles. The molecule has 1 nitrogen and oxygen atoms in total. The average Bonchev–Trinajstić information content (AvgIpc) is 2.60. The van der Waals surface area contributed by atoms with Gasteiger partial charge in [-0.15, -0.1) is 0 Å². The second-order valence-corrected chi connectivity index (χ2v) is 8.50. The lowest BCUT2D eigenvalue weighted by Crippen LogP contribution is -1.93. The van der Waals surface area contributed by atoms with Crippen LogP contribution in [0.15, 0.2) is 24.3 Å². The molecule has 1 aromatic carbocycles. The summed E-state index contributed by atoms with van der Waals surface area (Å²) >= 11 is 0. The first-order valence-electron chi connectivity index (χ1n) is 10.4. The molecule has 1 atom stereocenters. The molecule has 138 valence electrons. The van der Waals surface area contributed by atoms with Gasteiger partial charge in [0.15, 0.2) is 0 Å². The van der Waals surface area contributed by atoms with E-state index < -0.39 is 0 Å². The Morgan fingerprint density at radius 2 is 1.04 bits per heavy atom. The third-order valence-electron chi connectivity index (χ3n) is 4.73. The van der Waals surface area contributed by atoms with Crippen molar-refractivity contribution in [1.29, 1.82) is 0 Å². The largest absolute Gasteiger partial charge is 0.508 e. The van der Waals surface area contributed by atoms with Crippen molar-refractivity contribution in [2.45, 2.75) is 96.8 Å². The van der Waals surface area contributed by atoms with E-state index in [1.165, 1.54) is 101 Å². The third-order valence-corrected chi connectivity index (χ3v) is 6.07. The van der Waals surface area contributed by atoms with E-state index in [0.29, 0.717) is 5.75 Å². The summed E-state index contributed by atoms with van der Waals surface area (Å²) in [6.07, 6.45) is 21.3. The molecule has 0 spiro atoms. The molecular weight excluding hydrogens is 311 g/mol. The Bertz CT molecular complexity index is 374. The summed E-state index contributed by atoms with van der Waals surface area (Å²) in [6, 6.07) is 7.70. The predicted molar refractivity (Wildman–Crippen MR) is 111 cm³/mol. The lowest BCUT2D eigenvalue weighted by Gasteiger charge is -2.04. The normalized spacial score (nSPS) is 11.5. The summed E-state index contributed by atoms with van der Waals surface area (Å²) < 4.78 is 0. The van der Waals surface area contributed by atoms with E-state index in [1.54, 1.807) is 12.1 Å². The average molecular weight is 351 g/mol. The Balaban J connectivity index is 1.75. The first kappa shape index (κ1) is 21.5. The van der Waals surface area contributed by atoms with Crippen LogP contribution < -0.4 is 5.30 Å². The van der Waals surface area contributed by atoms with Gasteiger partial charge in [0.25, 0.3) is 0 Å². The molecule has 0 saturated carbocycles. The predicted octanol–water partition coefficient (Wildman–Crippen LogP) is 7.18. The number of phenols is 1. The van der Waals surface area contributed by atoms with Crippen LogP contribution in [-0.2, 0) is 0 Å². The molecule has 0 aliphatic heterocycles. The Labute approximate surface area is 152 Å². The van der Waals surface area contributed by atoms with Crippen LogP contribution >= 0.6 is 8.58 Å². The quantitative estimate of drug-likeness (QED) is 0.247. The van der Waals surface area contributed by atoms with Crippen molar-refractivity contribution in [3.8, 4) is 5.75 Å². The second kappa shape index (κ2) is 15.9. The van der Waals surface area contributed by atoms with E-state index in [-0.39, 0.29) is 0 Å². The molecule has 0 heterocycles. The van der Waals surface area contributed by atoms with Crippen LogP contribution in [0.4, 0.5) is 0 Å². The highest BCUT2D eigenvalue weighted by Crippen LogP contribution is 2.17. The van der Waals surface area contributed by atoms with Gasteiger partial charge in [-0.3, -0.25) is 0 Å². The van der Waals surface area contributed by atoms with Crippen molar-refractivity contribution in [3.63, 3.8) is 0 Å². The maximum atomic E-state index is 9.26. The Kier molecular flexibility index (Phi) is 14.3. The van der Waals surface area contributed by atoms with Crippen molar-refractivity contribution in [2.24, 2.45) is 0 Å². The highest BCUT2D eigenvalue weighted by molar-refractivity contribution is 7.47. The first-order valence-corrected chi connectivity index (χ1v) is 11.6. The molecule has 0 amide bonds. The molecule has 0 fully saturated rings. The number of hydrogen-bond donors (Lipinski definition) is 1.